The van der Waals surface area contributed by atoms with Crippen molar-refractivity contribution in [2.24, 2.45) is 0 Å². The fourth-order valence-corrected chi connectivity index (χ4v) is 2.05. The van der Waals surface area contributed by atoms with Crippen LogP contribution in [0.1, 0.15) is 17.5 Å². The van der Waals surface area contributed by atoms with Gasteiger partial charge < -0.3 is 10.1 Å². The molecule has 2 rings (SSSR count). The van der Waals surface area contributed by atoms with Gasteiger partial charge in [0.1, 0.15) is 5.75 Å². The Labute approximate surface area is 125 Å². The Morgan fingerprint density at radius 2 is 1.90 bits per heavy atom. The van der Waals surface area contributed by atoms with E-state index < -0.39 is 0 Å². The summed E-state index contributed by atoms with van der Waals surface area (Å²) in [6.45, 7) is 4.60. The molecule has 106 valence electrons. The highest BCUT2D eigenvalue weighted by Crippen LogP contribution is 2.12. The van der Waals surface area contributed by atoms with Crippen LogP contribution in [0.2, 0.25) is 5.02 Å². The molecule has 0 heterocycles. The first-order valence-corrected chi connectivity index (χ1v) is 7.26. The molecule has 0 unspecified atom stereocenters. The molecular weight excluding hydrogens is 270 g/mol. The van der Waals surface area contributed by atoms with Crippen molar-refractivity contribution in [3.05, 3.63) is 64.7 Å². The maximum absolute atomic E-state index is 5.85. The van der Waals surface area contributed by atoms with E-state index in [1.165, 1.54) is 11.1 Å². The summed E-state index contributed by atoms with van der Waals surface area (Å²) in [7, 11) is 0. The molecule has 0 fully saturated rings. The molecule has 0 spiro atoms. The van der Waals surface area contributed by atoms with Gasteiger partial charge in [-0.3, -0.25) is 0 Å². The first-order valence-electron chi connectivity index (χ1n) is 6.89. The Morgan fingerprint density at radius 1 is 1.10 bits per heavy atom. The van der Waals surface area contributed by atoms with Crippen molar-refractivity contribution >= 4 is 11.6 Å². The molecule has 0 aromatic heterocycles. The lowest BCUT2D eigenvalue weighted by Crippen LogP contribution is -2.16. The number of benzene rings is 2. The van der Waals surface area contributed by atoms with Crippen molar-refractivity contribution in [3.8, 4) is 5.75 Å². The number of halogens is 1. The van der Waals surface area contributed by atoms with Crippen LogP contribution < -0.4 is 10.1 Å². The van der Waals surface area contributed by atoms with E-state index in [1.807, 2.05) is 36.4 Å². The summed E-state index contributed by atoms with van der Waals surface area (Å²) in [5, 5.41) is 4.17. The van der Waals surface area contributed by atoms with Gasteiger partial charge >= 0.3 is 0 Å². The van der Waals surface area contributed by atoms with Gasteiger partial charge in [0.15, 0.2) is 0 Å². The van der Waals surface area contributed by atoms with Crippen LogP contribution in [0.15, 0.2) is 48.5 Å². The summed E-state index contributed by atoms with van der Waals surface area (Å²) in [5.41, 5.74) is 2.47. The largest absolute Gasteiger partial charge is 0.494 e. The molecule has 0 amide bonds. The molecule has 0 bridgehead atoms. The number of ether oxygens (including phenoxy) is 1. The monoisotopic (exact) mass is 289 g/mol. The van der Waals surface area contributed by atoms with E-state index in [2.05, 4.69) is 24.4 Å². The average molecular weight is 290 g/mol. The lowest BCUT2D eigenvalue weighted by Gasteiger charge is -2.08. The van der Waals surface area contributed by atoms with E-state index >= 15 is 0 Å². The molecule has 0 aliphatic carbocycles. The zero-order valence-electron chi connectivity index (χ0n) is 11.7. The Kier molecular flexibility index (Phi) is 5.90. The van der Waals surface area contributed by atoms with Crippen molar-refractivity contribution < 1.29 is 4.74 Å². The predicted octanol–water partition coefficient (Wildman–Crippen LogP) is 4.21. The molecule has 0 saturated heterocycles. The van der Waals surface area contributed by atoms with Crippen molar-refractivity contribution in [2.45, 2.75) is 19.9 Å². The molecule has 0 radical (unpaired) electrons. The number of hydrogen-bond acceptors (Lipinski definition) is 2. The fourth-order valence-electron chi connectivity index (χ4n) is 1.93. The van der Waals surface area contributed by atoms with Gasteiger partial charge in [0.2, 0.25) is 0 Å². The second kappa shape index (κ2) is 7.93. The average Bonchev–Trinajstić information content (AvgIpc) is 2.45. The highest BCUT2D eigenvalue weighted by Gasteiger charge is 1.95. The third kappa shape index (κ3) is 5.24. The maximum Gasteiger partial charge on any atom is 0.119 e. The second-order valence-electron chi connectivity index (χ2n) is 4.82. The molecule has 2 nitrogen and oxygen atoms in total. The van der Waals surface area contributed by atoms with Crippen molar-refractivity contribution in [1.29, 1.82) is 0 Å². The Morgan fingerprint density at radius 3 is 2.65 bits per heavy atom. The standard InChI is InChI=1S/C17H20ClNO/c1-14-4-2-5-17(12-14)20-11-3-10-19-13-15-6-8-16(18)9-7-15/h2,4-9,12,19H,3,10-11,13H2,1H3. The Balaban J connectivity index is 1.59. The summed E-state index contributed by atoms with van der Waals surface area (Å²) in [4.78, 5) is 0. The van der Waals surface area contributed by atoms with E-state index in [1.54, 1.807) is 0 Å². The molecular formula is C17H20ClNO. The summed E-state index contributed by atoms with van der Waals surface area (Å²) in [6, 6.07) is 16.1. The minimum Gasteiger partial charge on any atom is -0.494 e. The maximum atomic E-state index is 5.85. The fraction of sp³-hybridized carbons (Fsp3) is 0.294. The highest BCUT2D eigenvalue weighted by atomic mass is 35.5. The van der Waals surface area contributed by atoms with Crippen molar-refractivity contribution in [2.75, 3.05) is 13.2 Å². The van der Waals surface area contributed by atoms with Gasteiger partial charge in [-0.2, -0.15) is 0 Å². The van der Waals surface area contributed by atoms with Crippen LogP contribution in [0.25, 0.3) is 0 Å². The van der Waals surface area contributed by atoms with Gasteiger partial charge in [-0.1, -0.05) is 35.9 Å². The summed E-state index contributed by atoms with van der Waals surface area (Å²) < 4.78 is 5.70. The van der Waals surface area contributed by atoms with Crippen LogP contribution in [0.5, 0.6) is 5.75 Å². The molecule has 2 aromatic carbocycles. The summed E-state index contributed by atoms with van der Waals surface area (Å²) >= 11 is 5.85. The SMILES string of the molecule is Cc1cccc(OCCCNCc2ccc(Cl)cc2)c1. The van der Waals surface area contributed by atoms with E-state index in [-0.39, 0.29) is 0 Å². The highest BCUT2D eigenvalue weighted by molar-refractivity contribution is 6.30. The first-order chi connectivity index (χ1) is 9.74. The molecule has 1 N–H and O–H groups in total. The van der Waals surface area contributed by atoms with Crippen LogP contribution in [0.3, 0.4) is 0 Å². The number of nitrogens with one attached hydrogen (secondary N) is 1. The van der Waals surface area contributed by atoms with Crippen LogP contribution >= 0.6 is 11.6 Å². The van der Waals surface area contributed by atoms with Gasteiger partial charge in [-0.15, -0.1) is 0 Å². The molecule has 0 aliphatic rings. The lowest BCUT2D eigenvalue weighted by atomic mass is 10.2. The topological polar surface area (TPSA) is 21.3 Å². The van der Waals surface area contributed by atoms with E-state index in [4.69, 9.17) is 16.3 Å². The van der Waals surface area contributed by atoms with Crippen molar-refractivity contribution in [3.63, 3.8) is 0 Å². The van der Waals surface area contributed by atoms with Gasteiger partial charge in [-0.05, 0) is 55.3 Å². The van der Waals surface area contributed by atoms with Gasteiger partial charge in [-0.25, -0.2) is 0 Å². The molecule has 0 saturated carbocycles. The molecule has 0 atom stereocenters. The predicted molar refractivity (Wildman–Crippen MR) is 84.4 cm³/mol. The minimum atomic E-state index is 0.733. The third-order valence-corrected chi connectivity index (χ3v) is 3.25. The van der Waals surface area contributed by atoms with Gasteiger partial charge in [0.25, 0.3) is 0 Å². The van der Waals surface area contributed by atoms with Crippen molar-refractivity contribution in [1.82, 2.24) is 5.32 Å². The Bertz CT molecular complexity index is 525. The quantitative estimate of drug-likeness (QED) is 0.771. The zero-order chi connectivity index (χ0) is 14.2. The number of hydrogen-bond donors (Lipinski definition) is 1. The second-order valence-corrected chi connectivity index (χ2v) is 5.26. The summed E-state index contributed by atoms with van der Waals surface area (Å²) in [5.74, 6) is 0.947. The zero-order valence-corrected chi connectivity index (χ0v) is 12.5. The van der Waals surface area contributed by atoms with E-state index in [9.17, 15) is 0 Å². The number of rotatable bonds is 7. The minimum absolute atomic E-state index is 0.733. The lowest BCUT2D eigenvalue weighted by molar-refractivity contribution is 0.308. The Hall–Kier alpha value is -1.51. The molecule has 3 heteroatoms. The van der Waals surface area contributed by atoms with Gasteiger partial charge in [0, 0.05) is 11.6 Å². The van der Waals surface area contributed by atoms with Crippen LogP contribution in [-0.2, 0) is 6.54 Å². The smallest absolute Gasteiger partial charge is 0.119 e. The van der Waals surface area contributed by atoms with Crippen LogP contribution in [-0.4, -0.2) is 13.2 Å². The third-order valence-electron chi connectivity index (χ3n) is 3.00. The van der Waals surface area contributed by atoms with E-state index in [0.29, 0.717) is 0 Å². The van der Waals surface area contributed by atoms with Crippen LogP contribution in [0, 0.1) is 6.92 Å². The number of aryl methyl sites for hydroxylation is 1. The molecule has 0 aliphatic heterocycles. The van der Waals surface area contributed by atoms with E-state index in [0.717, 1.165) is 36.9 Å². The first kappa shape index (κ1) is 14.9. The normalized spacial score (nSPS) is 10.5. The summed E-state index contributed by atoms with van der Waals surface area (Å²) in [6.07, 6.45) is 0.988. The van der Waals surface area contributed by atoms with Gasteiger partial charge in [0.05, 0.1) is 6.61 Å². The van der Waals surface area contributed by atoms with Crippen LogP contribution in [0.4, 0.5) is 0 Å². The molecule has 2 aromatic rings. The molecule has 20 heavy (non-hydrogen) atoms.